The third-order valence-corrected chi connectivity index (χ3v) is 3.33. The van der Waals surface area contributed by atoms with Crippen LogP contribution in [0, 0.1) is 0 Å². The number of carbonyl (C=O) groups excluding carboxylic acids is 1. The van der Waals surface area contributed by atoms with E-state index in [9.17, 15) is 4.79 Å². The van der Waals surface area contributed by atoms with Crippen molar-refractivity contribution >= 4 is 5.91 Å². The lowest BCUT2D eigenvalue weighted by atomic mass is 10.1. The van der Waals surface area contributed by atoms with E-state index in [1.165, 1.54) is 12.8 Å². The van der Waals surface area contributed by atoms with Crippen LogP contribution in [0.3, 0.4) is 0 Å². The molecule has 0 saturated carbocycles. The summed E-state index contributed by atoms with van der Waals surface area (Å²) in [5.74, 6) is 0.142. The number of piperidine rings is 1. The molecule has 0 aliphatic carbocycles. The van der Waals surface area contributed by atoms with E-state index in [4.69, 9.17) is 0 Å². The molecule has 1 amide bonds. The maximum absolute atomic E-state index is 12.1. The minimum Gasteiger partial charge on any atom is -0.334 e. The van der Waals surface area contributed by atoms with Crippen molar-refractivity contribution < 1.29 is 4.79 Å². The number of carbonyl (C=O) groups is 1. The smallest absolute Gasteiger partial charge is 0.237 e. The number of likely N-dealkylation sites (N-methyl/N-ethyl adjacent to an activating group) is 1. The molecule has 18 heavy (non-hydrogen) atoms. The first kappa shape index (κ1) is 14.9. The number of hydrogen-bond acceptors (Lipinski definition) is 3. The van der Waals surface area contributed by atoms with Gasteiger partial charge in [0.1, 0.15) is 0 Å². The lowest BCUT2D eigenvalue weighted by Crippen LogP contribution is -2.48. The number of rotatable bonds is 7. The molecule has 1 aliphatic rings. The molecule has 4 nitrogen and oxygen atoms in total. The van der Waals surface area contributed by atoms with Crippen molar-refractivity contribution in [3.8, 4) is 0 Å². The molecule has 0 radical (unpaired) electrons. The van der Waals surface area contributed by atoms with Crippen LogP contribution in [0.1, 0.15) is 12.8 Å². The topological polar surface area (TPSA) is 35.6 Å². The SMILES string of the molecule is C=CCN(CC=C)C(=O)CN(C)C1CCCNC1. The molecule has 1 rings (SSSR count). The number of hydrogen-bond donors (Lipinski definition) is 1. The van der Waals surface area contributed by atoms with E-state index in [1.54, 1.807) is 17.1 Å². The third-order valence-electron chi connectivity index (χ3n) is 3.33. The van der Waals surface area contributed by atoms with Gasteiger partial charge in [-0.15, -0.1) is 13.2 Å². The van der Waals surface area contributed by atoms with E-state index >= 15 is 0 Å². The second kappa shape index (κ2) is 8.06. The minimum atomic E-state index is 0.142. The molecule has 1 aliphatic heterocycles. The molecule has 1 saturated heterocycles. The Balaban J connectivity index is 2.44. The predicted molar refractivity (Wildman–Crippen MR) is 75.5 cm³/mol. The molecule has 0 aromatic rings. The second-order valence-corrected chi connectivity index (χ2v) is 4.79. The van der Waals surface area contributed by atoms with Crippen molar-refractivity contribution in [3.05, 3.63) is 25.3 Å². The molecule has 1 unspecified atom stereocenters. The Labute approximate surface area is 110 Å². The predicted octanol–water partition coefficient (Wildman–Crippen LogP) is 0.871. The first-order chi connectivity index (χ1) is 8.69. The van der Waals surface area contributed by atoms with Crippen LogP contribution in [-0.2, 0) is 4.79 Å². The van der Waals surface area contributed by atoms with Crippen LogP contribution in [0.5, 0.6) is 0 Å². The highest BCUT2D eigenvalue weighted by molar-refractivity contribution is 5.78. The molecule has 0 spiro atoms. The zero-order chi connectivity index (χ0) is 13.4. The van der Waals surface area contributed by atoms with E-state index in [0.717, 1.165) is 13.1 Å². The fourth-order valence-electron chi connectivity index (χ4n) is 2.24. The largest absolute Gasteiger partial charge is 0.334 e. The van der Waals surface area contributed by atoms with Gasteiger partial charge in [-0.05, 0) is 26.4 Å². The van der Waals surface area contributed by atoms with Crippen LogP contribution in [-0.4, -0.2) is 61.5 Å². The van der Waals surface area contributed by atoms with E-state index < -0.39 is 0 Å². The quantitative estimate of drug-likeness (QED) is 0.682. The summed E-state index contributed by atoms with van der Waals surface area (Å²) >= 11 is 0. The Morgan fingerprint density at radius 1 is 1.39 bits per heavy atom. The second-order valence-electron chi connectivity index (χ2n) is 4.79. The van der Waals surface area contributed by atoms with Crippen LogP contribution in [0.2, 0.25) is 0 Å². The summed E-state index contributed by atoms with van der Waals surface area (Å²) < 4.78 is 0. The Kier molecular flexibility index (Phi) is 6.68. The summed E-state index contributed by atoms with van der Waals surface area (Å²) in [7, 11) is 2.02. The molecular formula is C14H25N3O. The van der Waals surface area contributed by atoms with Gasteiger partial charge in [-0.3, -0.25) is 9.69 Å². The molecule has 1 heterocycles. The summed E-state index contributed by atoms with van der Waals surface area (Å²) in [5.41, 5.74) is 0. The lowest BCUT2D eigenvalue weighted by Gasteiger charge is -2.32. The molecule has 1 fully saturated rings. The van der Waals surface area contributed by atoms with Gasteiger partial charge in [0.25, 0.3) is 0 Å². The number of nitrogens with zero attached hydrogens (tertiary/aromatic N) is 2. The van der Waals surface area contributed by atoms with Gasteiger partial charge in [0.15, 0.2) is 0 Å². The number of nitrogens with one attached hydrogen (secondary N) is 1. The average Bonchev–Trinajstić information content (AvgIpc) is 2.39. The molecule has 1 N–H and O–H groups in total. The highest BCUT2D eigenvalue weighted by Crippen LogP contribution is 2.08. The highest BCUT2D eigenvalue weighted by atomic mass is 16.2. The van der Waals surface area contributed by atoms with Gasteiger partial charge in [-0.25, -0.2) is 0 Å². The first-order valence-corrected chi connectivity index (χ1v) is 6.59. The van der Waals surface area contributed by atoms with Crippen molar-refractivity contribution in [2.75, 3.05) is 39.8 Å². The number of amides is 1. The molecule has 1 atom stereocenters. The van der Waals surface area contributed by atoms with Gasteiger partial charge < -0.3 is 10.2 Å². The zero-order valence-electron chi connectivity index (χ0n) is 11.4. The zero-order valence-corrected chi connectivity index (χ0v) is 11.4. The van der Waals surface area contributed by atoms with Crippen molar-refractivity contribution in [2.45, 2.75) is 18.9 Å². The molecule has 4 heteroatoms. The van der Waals surface area contributed by atoms with Crippen LogP contribution >= 0.6 is 0 Å². The van der Waals surface area contributed by atoms with Gasteiger partial charge in [0.05, 0.1) is 6.54 Å². The Morgan fingerprint density at radius 3 is 2.56 bits per heavy atom. The fraction of sp³-hybridized carbons (Fsp3) is 0.643. The molecule has 0 bridgehead atoms. The average molecular weight is 251 g/mol. The molecule has 102 valence electrons. The maximum atomic E-state index is 12.1. The van der Waals surface area contributed by atoms with Crippen molar-refractivity contribution in [3.63, 3.8) is 0 Å². The van der Waals surface area contributed by atoms with Crippen LogP contribution < -0.4 is 5.32 Å². The first-order valence-electron chi connectivity index (χ1n) is 6.59. The van der Waals surface area contributed by atoms with E-state index in [2.05, 4.69) is 23.4 Å². The molecule has 0 aromatic carbocycles. The summed E-state index contributed by atoms with van der Waals surface area (Å²) in [6.45, 7) is 11.1. The summed E-state index contributed by atoms with van der Waals surface area (Å²) in [4.78, 5) is 16.1. The van der Waals surface area contributed by atoms with Gasteiger partial charge in [0, 0.05) is 25.7 Å². The van der Waals surface area contributed by atoms with Crippen LogP contribution in [0.15, 0.2) is 25.3 Å². The fourth-order valence-corrected chi connectivity index (χ4v) is 2.24. The molecular weight excluding hydrogens is 226 g/mol. The van der Waals surface area contributed by atoms with E-state index in [0.29, 0.717) is 25.7 Å². The third kappa shape index (κ3) is 4.63. The van der Waals surface area contributed by atoms with Crippen molar-refractivity contribution in [2.24, 2.45) is 0 Å². The van der Waals surface area contributed by atoms with Gasteiger partial charge >= 0.3 is 0 Å². The Morgan fingerprint density at radius 2 is 2.06 bits per heavy atom. The minimum absolute atomic E-state index is 0.142. The maximum Gasteiger partial charge on any atom is 0.237 e. The Bertz CT molecular complexity index is 275. The van der Waals surface area contributed by atoms with Gasteiger partial charge in [-0.1, -0.05) is 12.2 Å². The Hall–Kier alpha value is -1.13. The normalized spacial score (nSPS) is 19.6. The van der Waals surface area contributed by atoms with Gasteiger partial charge in [0.2, 0.25) is 5.91 Å². The summed E-state index contributed by atoms with van der Waals surface area (Å²) in [5, 5.41) is 3.37. The van der Waals surface area contributed by atoms with Crippen LogP contribution in [0.25, 0.3) is 0 Å². The summed E-state index contributed by atoms with van der Waals surface area (Å²) in [6.07, 6.45) is 5.86. The monoisotopic (exact) mass is 251 g/mol. The van der Waals surface area contributed by atoms with Gasteiger partial charge in [-0.2, -0.15) is 0 Å². The highest BCUT2D eigenvalue weighted by Gasteiger charge is 2.21. The van der Waals surface area contributed by atoms with E-state index in [1.807, 2.05) is 7.05 Å². The van der Waals surface area contributed by atoms with Crippen molar-refractivity contribution in [1.29, 1.82) is 0 Å². The van der Waals surface area contributed by atoms with Crippen molar-refractivity contribution in [1.82, 2.24) is 15.1 Å². The summed E-state index contributed by atoms with van der Waals surface area (Å²) in [6, 6.07) is 0.469. The lowest BCUT2D eigenvalue weighted by molar-refractivity contribution is -0.131. The van der Waals surface area contributed by atoms with E-state index in [-0.39, 0.29) is 5.91 Å². The standard InChI is InChI=1S/C14H25N3O/c1-4-9-17(10-5-2)14(18)12-16(3)13-7-6-8-15-11-13/h4-5,13,15H,1-2,6-12H2,3H3. The van der Waals surface area contributed by atoms with Crippen LogP contribution in [0.4, 0.5) is 0 Å². The molecule has 0 aromatic heterocycles.